The molecule has 40 heavy (non-hydrogen) atoms. The number of oxazole rings is 2. The summed E-state index contributed by atoms with van der Waals surface area (Å²) < 4.78 is 23.0. The van der Waals surface area contributed by atoms with Gasteiger partial charge in [0.15, 0.2) is 11.2 Å². The van der Waals surface area contributed by atoms with E-state index in [1.807, 2.05) is 24.3 Å². The van der Waals surface area contributed by atoms with Crippen molar-refractivity contribution in [2.24, 2.45) is 0 Å². The molecule has 0 saturated carbocycles. The van der Waals surface area contributed by atoms with Gasteiger partial charge in [-0.05, 0) is 65.4 Å². The molecule has 0 unspecified atom stereocenters. The topological polar surface area (TPSA) is 112 Å². The molecule has 0 N–H and O–H groups in total. The summed E-state index contributed by atoms with van der Waals surface area (Å²) in [7, 11) is 0. The van der Waals surface area contributed by atoms with Crippen LogP contribution in [0.3, 0.4) is 0 Å². The Balaban J connectivity index is 1.31. The number of fused-ring (bicyclic) bond motifs is 4. The molecule has 4 heterocycles. The SMILES string of the molecule is CC(C)c1ccc2oc(=O)c(-c3nc4cc5nc(-c6cc7cc(C(C)C)ccc7oc6=O)oc5cc4o3)cc2c1. The normalized spacial score (nSPS) is 12.2. The zero-order valence-electron chi connectivity index (χ0n) is 22.3. The lowest BCUT2D eigenvalue weighted by Crippen LogP contribution is -2.03. The van der Waals surface area contributed by atoms with E-state index < -0.39 is 11.3 Å². The van der Waals surface area contributed by atoms with Gasteiger partial charge in [0, 0.05) is 16.8 Å². The average molecular weight is 533 g/mol. The van der Waals surface area contributed by atoms with Crippen LogP contribution in [0, 0.1) is 0 Å². The van der Waals surface area contributed by atoms with Gasteiger partial charge in [-0.2, -0.15) is 0 Å². The molecular weight excluding hydrogens is 508 g/mol. The summed E-state index contributed by atoms with van der Waals surface area (Å²) in [5.74, 6) is 0.944. The van der Waals surface area contributed by atoms with Crippen molar-refractivity contribution in [3.05, 3.63) is 92.6 Å². The fourth-order valence-electron chi connectivity index (χ4n) is 4.88. The molecule has 4 aromatic heterocycles. The van der Waals surface area contributed by atoms with Crippen molar-refractivity contribution in [3.63, 3.8) is 0 Å². The van der Waals surface area contributed by atoms with Crippen molar-refractivity contribution in [1.82, 2.24) is 9.97 Å². The van der Waals surface area contributed by atoms with Crippen molar-refractivity contribution in [2.75, 3.05) is 0 Å². The van der Waals surface area contributed by atoms with Gasteiger partial charge in [-0.1, -0.05) is 39.8 Å². The Morgan fingerprint density at radius 1 is 0.525 bits per heavy atom. The summed E-state index contributed by atoms with van der Waals surface area (Å²) in [4.78, 5) is 34.6. The number of aromatic nitrogens is 2. The molecule has 0 radical (unpaired) electrons. The third kappa shape index (κ3) is 3.91. The van der Waals surface area contributed by atoms with E-state index in [9.17, 15) is 9.59 Å². The predicted molar refractivity (Wildman–Crippen MR) is 153 cm³/mol. The largest absolute Gasteiger partial charge is 0.436 e. The lowest BCUT2D eigenvalue weighted by atomic mass is 10.0. The summed E-state index contributed by atoms with van der Waals surface area (Å²) in [5, 5.41) is 1.58. The highest BCUT2D eigenvalue weighted by atomic mass is 16.4. The highest BCUT2D eigenvalue weighted by Crippen LogP contribution is 2.32. The van der Waals surface area contributed by atoms with Crippen LogP contribution in [0.1, 0.15) is 50.7 Å². The molecule has 198 valence electrons. The summed E-state index contributed by atoms with van der Waals surface area (Å²) >= 11 is 0. The molecule has 8 nitrogen and oxygen atoms in total. The van der Waals surface area contributed by atoms with Crippen molar-refractivity contribution < 1.29 is 17.7 Å². The average Bonchev–Trinajstić information content (AvgIpc) is 3.53. The second kappa shape index (κ2) is 8.77. The number of hydrogen-bond donors (Lipinski definition) is 0. The van der Waals surface area contributed by atoms with Crippen molar-refractivity contribution in [2.45, 2.75) is 39.5 Å². The highest BCUT2D eigenvalue weighted by Gasteiger charge is 2.19. The van der Waals surface area contributed by atoms with E-state index in [1.165, 1.54) is 0 Å². The van der Waals surface area contributed by atoms with E-state index in [0.29, 0.717) is 45.2 Å². The molecule has 0 aliphatic heterocycles. The maximum absolute atomic E-state index is 12.8. The molecule has 0 aliphatic carbocycles. The van der Waals surface area contributed by atoms with E-state index >= 15 is 0 Å². The Labute approximate surface area is 226 Å². The third-order valence-electron chi connectivity index (χ3n) is 7.20. The maximum Gasteiger partial charge on any atom is 0.349 e. The molecule has 0 spiro atoms. The van der Waals surface area contributed by atoms with Gasteiger partial charge in [-0.3, -0.25) is 0 Å². The monoisotopic (exact) mass is 532 g/mol. The summed E-state index contributed by atoms with van der Waals surface area (Å²) in [6.07, 6.45) is 0. The van der Waals surface area contributed by atoms with E-state index in [-0.39, 0.29) is 22.9 Å². The quantitative estimate of drug-likeness (QED) is 0.211. The molecule has 7 aromatic rings. The van der Waals surface area contributed by atoms with E-state index in [0.717, 1.165) is 21.9 Å². The summed E-state index contributed by atoms with van der Waals surface area (Å²) in [6, 6.07) is 18.3. The molecule has 0 aliphatic rings. The van der Waals surface area contributed by atoms with Crippen molar-refractivity contribution in [1.29, 1.82) is 0 Å². The van der Waals surface area contributed by atoms with Gasteiger partial charge < -0.3 is 17.7 Å². The second-order valence-corrected chi connectivity index (χ2v) is 10.6. The maximum atomic E-state index is 12.8. The van der Waals surface area contributed by atoms with Crippen LogP contribution in [-0.4, -0.2) is 9.97 Å². The molecular formula is C32H24N2O6. The summed E-state index contributed by atoms with van der Waals surface area (Å²) in [5.41, 5.74) is 4.45. The molecule has 0 bridgehead atoms. The standard InChI is InChI=1S/C32H24N2O6/c1-15(2)17-5-7-25-19(9-17)11-21(31(35)39-25)29-33-23-13-24-28(14-27(23)37-29)38-30(34-24)22-12-20-10-18(16(3)4)6-8-26(20)40-32(22)36/h5-16H,1-4H3. The van der Waals surface area contributed by atoms with Crippen LogP contribution in [0.2, 0.25) is 0 Å². The Morgan fingerprint density at radius 3 is 1.40 bits per heavy atom. The van der Waals surface area contributed by atoms with Gasteiger partial charge in [-0.25, -0.2) is 19.6 Å². The molecule has 0 amide bonds. The van der Waals surface area contributed by atoms with Gasteiger partial charge in [-0.15, -0.1) is 0 Å². The fraction of sp³-hybridized carbons (Fsp3) is 0.188. The number of nitrogens with zero attached hydrogens (tertiary/aromatic N) is 2. The van der Waals surface area contributed by atoms with Gasteiger partial charge in [0.05, 0.1) is 0 Å². The van der Waals surface area contributed by atoms with Crippen molar-refractivity contribution in [3.8, 4) is 22.9 Å². The lowest BCUT2D eigenvalue weighted by Gasteiger charge is -2.06. The molecule has 3 aromatic carbocycles. The number of benzene rings is 3. The van der Waals surface area contributed by atoms with E-state index in [1.54, 1.807) is 36.4 Å². The molecule has 7 rings (SSSR count). The first kappa shape index (κ1) is 24.1. The Hall–Kier alpha value is -4.98. The van der Waals surface area contributed by atoms with Crippen LogP contribution in [0.5, 0.6) is 0 Å². The zero-order chi connectivity index (χ0) is 27.7. The van der Waals surface area contributed by atoms with Crippen LogP contribution in [0.4, 0.5) is 0 Å². The summed E-state index contributed by atoms with van der Waals surface area (Å²) in [6.45, 7) is 8.41. The minimum atomic E-state index is -0.538. The highest BCUT2D eigenvalue weighted by molar-refractivity contribution is 5.92. The molecule has 0 fully saturated rings. The Kier molecular flexibility index (Phi) is 5.28. The van der Waals surface area contributed by atoms with E-state index in [2.05, 4.69) is 37.7 Å². The van der Waals surface area contributed by atoms with Gasteiger partial charge in [0.1, 0.15) is 33.3 Å². The minimum Gasteiger partial charge on any atom is -0.436 e. The van der Waals surface area contributed by atoms with Crippen LogP contribution >= 0.6 is 0 Å². The van der Waals surface area contributed by atoms with Crippen LogP contribution in [0.25, 0.3) is 67.0 Å². The predicted octanol–water partition coefficient (Wildman–Crippen LogP) is 7.76. The first-order valence-corrected chi connectivity index (χ1v) is 13.1. The zero-order valence-corrected chi connectivity index (χ0v) is 22.3. The van der Waals surface area contributed by atoms with Gasteiger partial charge >= 0.3 is 11.3 Å². The minimum absolute atomic E-state index is 0.143. The van der Waals surface area contributed by atoms with Gasteiger partial charge in [0.25, 0.3) is 0 Å². The van der Waals surface area contributed by atoms with Gasteiger partial charge in [0.2, 0.25) is 11.8 Å². The Morgan fingerprint density at radius 2 is 0.975 bits per heavy atom. The van der Waals surface area contributed by atoms with E-state index in [4.69, 9.17) is 17.7 Å². The van der Waals surface area contributed by atoms with Crippen molar-refractivity contribution >= 4 is 44.1 Å². The smallest absolute Gasteiger partial charge is 0.349 e. The Bertz CT molecular complexity index is 2020. The molecule has 0 saturated heterocycles. The number of hydrogen-bond acceptors (Lipinski definition) is 8. The van der Waals surface area contributed by atoms with Crippen LogP contribution < -0.4 is 11.3 Å². The lowest BCUT2D eigenvalue weighted by molar-refractivity contribution is 0.552. The van der Waals surface area contributed by atoms with Crippen LogP contribution in [0.15, 0.2) is 87.9 Å². The molecule has 0 atom stereocenters. The fourth-order valence-corrected chi connectivity index (χ4v) is 4.88. The first-order valence-electron chi connectivity index (χ1n) is 13.1. The second-order valence-electron chi connectivity index (χ2n) is 10.6. The number of rotatable bonds is 4. The third-order valence-corrected chi connectivity index (χ3v) is 7.20. The molecule has 8 heteroatoms. The van der Waals surface area contributed by atoms with Crippen LogP contribution in [-0.2, 0) is 0 Å². The first-order chi connectivity index (χ1) is 19.2.